The summed E-state index contributed by atoms with van der Waals surface area (Å²) in [6.45, 7) is 6.42. The molecule has 1 aromatic carbocycles. The fourth-order valence-electron chi connectivity index (χ4n) is 1.89. The Balaban J connectivity index is 2.40. The maximum Gasteiger partial charge on any atom is 0.0834 e. The number of anilines is 1. The van der Waals surface area contributed by atoms with Crippen LogP contribution in [0.25, 0.3) is 0 Å². The van der Waals surface area contributed by atoms with Crippen LogP contribution in [-0.4, -0.2) is 9.78 Å². The smallest absolute Gasteiger partial charge is 0.0834 e. The Morgan fingerprint density at radius 3 is 2.58 bits per heavy atom. The molecule has 0 unspecified atom stereocenters. The molecule has 2 rings (SSSR count). The lowest BCUT2D eigenvalue weighted by atomic mass is 9.90. The first-order valence-electron chi connectivity index (χ1n) is 6.28. The van der Waals surface area contributed by atoms with Crippen molar-refractivity contribution in [2.24, 2.45) is 7.05 Å². The van der Waals surface area contributed by atoms with Crippen molar-refractivity contribution < 1.29 is 0 Å². The standard InChI is InChI=1S/C16H19N3/c1-16(2,3)15-13(11-19(4)18-15)9-8-12-6-5-7-14(17)10-12/h5-7,10-11H,17H2,1-4H3. The number of hydrogen-bond donors (Lipinski definition) is 1. The van der Waals surface area contributed by atoms with Crippen LogP contribution < -0.4 is 5.73 Å². The summed E-state index contributed by atoms with van der Waals surface area (Å²) in [4.78, 5) is 0. The third-order valence-corrected chi connectivity index (χ3v) is 2.77. The SMILES string of the molecule is Cn1cc(C#Cc2cccc(N)c2)c(C(C)(C)C)n1. The molecule has 0 aliphatic rings. The Bertz CT molecular complexity index is 649. The van der Waals surface area contributed by atoms with Gasteiger partial charge in [0.1, 0.15) is 0 Å². The lowest BCUT2D eigenvalue weighted by Gasteiger charge is -2.15. The number of nitrogen functional groups attached to an aromatic ring is 1. The van der Waals surface area contributed by atoms with Crippen molar-refractivity contribution in [3.8, 4) is 11.8 Å². The first-order chi connectivity index (χ1) is 8.86. The molecule has 98 valence electrons. The number of nitrogens with zero attached hydrogens (tertiary/aromatic N) is 2. The van der Waals surface area contributed by atoms with Gasteiger partial charge in [-0.15, -0.1) is 0 Å². The Morgan fingerprint density at radius 2 is 1.95 bits per heavy atom. The fraction of sp³-hybridized carbons (Fsp3) is 0.312. The summed E-state index contributed by atoms with van der Waals surface area (Å²) in [5.74, 6) is 6.34. The van der Waals surface area contributed by atoms with E-state index in [4.69, 9.17) is 5.73 Å². The van der Waals surface area contributed by atoms with Gasteiger partial charge in [-0.2, -0.15) is 5.10 Å². The molecule has 0 saturated heterocycles. The molecular formula is C16H19N3. The zero-order valence-corrected chi connectivity index (χ0v) is 11.9. The van der Waals surface area contributed by atoms with Crippen molar-refractivity contribution in [2.75, 3.05) is 5.73 Å². The van der Waals surface area contributed by atoms with Crippen molar-refractivity contribution in [3.63, 3.8) is 0 Å². The van der Waals surface area contributed by atoms with Gasteiger partial charge in [0.05, 0.1) is 11.3 Å². The van der Waals surface area contributed by atoms with Gasteiger partial charge in [0.15, 0.2) is 0 Å². The van der Waals surface area contributed by atoms with Gasteiger partial charge < -0.3 is 5.73 Å². The Kier molecular flexibility index (Phi) is 3.35. The van der Waals surface area contributed by atoms with Gasteiger partial charge in [-0.3, -0.25) is 4.68 Å². The average molecular weight is 253 g/mol. The van der Waals surface area contributed by atoms with Crippen LogP contribution in [0.5, 0.6) is 0 Å². The topological polar surface area (TPSA) is 43.8 Å². The molecular weight excluding hydrogens is 234 g/mol. The van der Waals surface area contributed by atoms with E-state index in [1.807, 2.05) is 42.2 Å². The maximum absolute atomic E-state index is 5.75. The van der Waals surface area contributed by atoms with Crippen LogP contribution in [0.2, 0.25) is 0 Å². The van der Waals surface area contributed by atoms with Crippen molar-refractivity contribution >= 4 is 5.69 Å². The zero-order valence-electron chi connectivity index (χ0n) is 11.9. The molecule has 0 saturated carbocycles. The highest BCUT2D eigenvalue weighted by Gasteiger charge is 2.20. The summed E-state index contributed by atoms with van der Waals surface area (Å²) >= 11 is 0. The van der Waals surface area contributed by atoms with Crippen molar-refractivity contribution in [1.82, 2.24) is 9.78 Å². The van der Waals surface area contributed by atoms with Gasteiger partial charge in [0, 0.05) is 29.9 Å². The van der Waals surface area contributed by atoms with Gasteiger partial charge in [-0.1, -0.05) is 38.7 Å². The van der Waals surface area contributed by atoms with E-state index in [-0.39, 0.29) is 5.41 Å². The number of aromatic nitrogens is 2. The number of rotatable bonds is 0. The van der Waals surface area contributed by atoms with E-state index >= 15 is 0 Å². The molecule has 2 N–H and O–H groups in total. The van der Waals surface area contributed by atoms with E-state index in [1.165, 1.54) is 0 Å². The molecule has 0 spiro atoms. The molecule has 0 aliphatic carbocycles. The monoisotopic (exact) mass is 253 g/mol. The van der Waals surface area contributed by atoms with Gasteiger partial charge in [-0.25, -0.2) is 0 Å². The molecule has 2 aromatic rings. The number of nitrogens with two attached hydrogens (primary N) is 1. The van der Waals surface area contributed by atoms with Gasteiger partial charge in [0.25, 0.3) is 0 Å². The predicted octanol–water partition coefficient (Wildman–Crippen LogP) is 2.70. The molecule has 0 aliphatic heterocycles. The molecule has 0 fully saturated rings. The van der Waals surface area contributed by atoms with Crippen LogP contribution in [0.1, 0.15) is 37.6 Å². The van der Waals surface area contributed by atoms with Crippen LogP contribution in [0.15, 0.2) is 30.5 Å². The highest BCUT2D eigenvalue weighted by molar-refractivity contribution is 5.50. The normalized spacial score (nSPS) is 10.9. The zero-order chi connectivity index (χ0) is 14.0. The summed E-state index contributed by atoms with van der Waals surface area (Å²) in [5.41, 5.74) is 9.37. The number of hydrogen-bond acceptors (Lipinski definition) is 2. The second-order valence-corrected chi connectivity index (χ2v) is 5.69. The third kappa shape index (κ3) is 3.17. The van der Waals surface area contributed by atoms with Crippen LogP contribution in [0, 0.1) is 11.8 Å². The summed E-state index contributed by atoms with van der Waals surface area (Å²) in [6, 6.07) is 7.60. The van der Waals surface area contributed by atoms with E-state index < -0.39 is 0 Å². The lowest BCUT2D eigenvalue weighted by Crippen LogP contribution is -2.14. The van der Waals surface area contributed by atoms with Crippen LogP contribution in [0.4, 0.5) is 5.69 Å². The molecule has 3 nitrogen and oxygen atoms in total. The quantitative estimate of drug-likeness (QED) is 0.579. The van der Waals surface area contributed by atoms with E-state index in [2.05, 4.69) is 37.7 Å². The molecule has 19 heavy (non-hydrogen) atoms. The minimum absolute atomic E-state index is 0.0129. The van der Waals surface area contributed by atoms with Crippen LogP contribution >= 0.6 is 0 Å². The average Bonchev–Trinajstić information content (AvgIpc) is 2.68. The lowest BCUT2D eigenvalue weighted by molar-refractivity contribution is 0.552. The molecule has 1 aromatic heterocycles. The van der Waals surface area contributed by atoms with Crippen LogP contribution in [-0.2, 0) is 12.5 Å². The summed E-state index contributed by atoms with van der Waals surface area (Å²) in [6.07, 6.45) is 1.96. The maximum atomic E-state index is 5.75. The molecule has 3 heteroatoms. The second-order valence-electron chi connectivity index (χ2n) is 5.69. The van der Waals surface area contributed by atoms with E-state index in [1.54, 1.807) is 0 Å². The largest absolute Gasteiger partial charge is 0.399 e. The van der Waals surface area contributed by atoms with Gasteiger partial charge >= 0.3 is 0 Å². The molecule has 0 amide bonds. The first kappa shape index (κ1) is 13.2. The Hall–Kier alpha value is -2.21. The first-order valence-corrected chi connectivity index (χ1v) is 6.28. The summed E-state index contributed by atoms with van der Waals surface area (Å²) in [5, 5.41) is 4.50. The van der Waals surface area contributed by atoms with Gasteiger partial charge in [0.2, 0.25) is 0 Å². The fourth-order valence-corrected chi connectivity index (χ4v) is 1.89. The highest BCUT2D eigenvalue weighted by Crippen LogP contribution is 2.23. The molecule has 0 radical (unpaired) electrons. The molecule has 0 bridgehead atoms. The number of benzene rings is 1. The number of aryl methyl sites for hydroxylation is 1. The third-order valence-electron chi connectivity index (χ3n) is 2.77. The van der Waals surface area contributed by atoms with Crippen molar-refractivity contribution in [2.45, 2.75) is 26.2 Å². The van der Waals surface area contributed by atoms with E-state index in [0.717, 1.165) is 22.5 Å². The van der Waals surface area contributed by atoms with Crippen molar-refractivity contribution in [1.29, 1.82) is 0 Å². The summed E-state index contributed by atoms with van der Waals surface area (Å²) in [7, 11) is 1.92. The minimum atomic E-state index is -0.0129. The summed E-state index contributed by atoms with van der Waals surface area (Å²) < 4.78 is 1.81. The highest BCUT2D eigenvalue weighted by atomic mass is 15.3. The Morgan fingerprint density at radius 1 is 1.21 bits per heavy atom. The second kappa shape index (κ2) is 4.81. The predicted molar refractivity (Wildman–Crippen MR) is 78.7 cm³/mol. The van der Waals surface area contributed by atoms with E-state index in [0.29, 0.717) is 0 Å². The minimum Gasteiger partial charge on any atom is -0.399 e. The van der Waals surface area contributed by atoms with Gasteiger partial charge in [-0.05, 0) is 18.2 Å². The Labute approximate surface area is 114 Å². The van der Waals surface area contributed by atoms with E-state index in [9.17, 15) is 0 Å². The molecule has 0 atom stereocenters. The molecule has 1 heterocycles. The van der Waals surface area contributed by atoms with Crippen molar-refractivity contribution in [3.05, 3.63) is 47.3 Å². The van der Waals surface area contributed by atoms with Crippen LogP contribution in [0.3, 0.4) is 0 Å².